The van der Waals surface area contributed by atoms with Gasteiger partial charge in [0.05, 0.1) is 0 Å². The largest absolute Gasteiger partial charge is 0.385 e. The van der Waals surface area contributed by atoms with Crippen molar-refractivity contribution in [3.63, 3.8) is 0 Å². The molecule has 0 bridgehead atoms. The van der Waals surface area contributed by atoms with E-state index in [1.54, 1.807) is 7.11 Å². The van der Waals surface area contributed by atoms with Gasteiger partial charge in [-0.05, 0) is 30.7 Å². The molecule has 0 saturated heterocycles. The molecule has 0 aliphatic heterocycles. The Kier molecular flexibility index (Phi) is 5.70. The molecule has 2 heteroatoms. The third-order valence-corrected chi connectivity index (χ3v) is 2.85. The number of hydrogen-bond acceptors (Lipinski definition) is 2. The maximum atomic E-state index is 4.98. The summed E-state index contributed by atoms with van der Waals surface area (Å²) in [5.41, 5.74) is 0. The molecule has 0 unspecified atom stereocenters. The molecule has 1 aromatic rings. The summed E-state index contributed by atoms with van der Waals surface area (Å²) in [5, 5.41) is 0. The molecular formula is C11H16OS. The van der Waals surface area contributed by atoms with Gasteiger partial charge >= 0.3 is 0 Å². The van der Waals surface area contributed by atoms with Crippen molar-refractivity contribution in [2.45, 2.75) is 17.7 Å². The number of thioether (sulfide) groups is 1. The normalized spacial score (nSPS) is 10.2. The van der Waals surface area contributed by atoms with E-state index < -0.39 is 0 Å². The van der Waals surface area contributed by atoms with Crippen LogP contribution in [0.15, 0.2) is 35.2 Å². The SMILES string of the molecule is COCCCCSc1ccccc1. The van der Waals surface area contributed by atoms with Gasteiger partial charge in [0.25, 0.3) is 0 Å². The van der Waals surface area contributed by atoms with Gasteiger partial charge in [-0.15, -0.1) is 11.8 Å². The van der Waals surface area contributed by atoms with Gasteiger partial charge in [-0.25, -0.2) is 0 Å². The topological polar surface area (TPSA) is 9.23 Å². The van der Waals surface area contributed by atoms with E-state index in [1.165, 1.54) is 17.1 Å². The zero-order valence-electron chi connectivity index (χ0n) is 8.03. The van der Waals surface area contributed by atoms with E-state index in [9.17, 15) is 0 Å². The minimum absolute atomic E-state index is 0.884. The zero-order valence-corrected chi connectivity index (χ0v) is 8.85. The molecule has 1 rings (SSSR count). The van der Waals surface area contributed by atoms with Crippen LogP contribution >= 0.6 is 11.8 Å². The Balaban J connectivity index is 2.07. The molecule has 0 atom stereocenters. The predicted octanol–water partition coefficient (Wildman–Crippen LogP) is 3.21. The van der Waals surface area contributed by atoms with E-state index in [4.69, 9.17) is 4.74 Å². The molecule has 0 aromatic heterocycles. The van der Waals surface area contributed by atoms with E-state index in [1.807, 2.05) is 11.8 Å². The lowest BCUT2D eigenvalue weighted by molar-refractivity contribution is 0.194. The minimum atomic E-state index is 0.884. The lowest BCUT2D eigenvalue weighted by Gasteiger charge is -2.00. The molecule has 72 valence electrons. The molecule has 1 nitrogen and oxygen atoms in total. The Labute approximate surface area is 84.5 Å². The van der Waals surface area contributed by atoms with Crippen LogP contribution in [-0.2, 0) is 4.74 Å². The molecule has 0 spiro atoms. The average molecular weight is 196 g/mol. The lowest BCUT2D eigenvalue weighted by atomic mass is 10.4. The Morgan fingerprint density at radius 2 is 1.92 bits per heavy atom. The van der Waals surface area contributed by atoms with Crippen LogP contribution in [0, 0.1) is 0 Å². The second-order valence-corrected chi connectivity index (χ2v) is 4.03. The molecule has 0 heterocycles. The summed E-state index contributed by atoms with van der Waals surface area (Å²) < 4.78 is 4.98. The first kappa shape index (κ1) is 10.6. The summed E-state index contributed by atoms with van der Waals surface area (Å²) in [5.74, 6) is 1.19. The number of hydrogen-bond donors (Lipinski definition) is 0. The third-order valence-electron chi connectivity index (χ3n) is 1.75. The first-order chi connectivity index (χ1) is 6.43. The van der Waals surface area contributed by atoms with Gasteiger partial charge < -0.3 is 4.74 Å². The first-order valence-corrected chi connectivity index (χ1v) is 5.59. The first-order valence-electron chi connectivity index (χ1n) is 4.60. The molecule has 0 fully saturated rings. The highest BCUT2D eigenvalue weighted by Crippen LogP contribution is 2.18. The summed E-state index contributed by atoms with van der Waals surface area (Å²) in [6, 6.07) is 10.5. The van der Waals surface area contributed by atoms with E-state index >= 15 is 0 Å². The van der Waals surface area contributed by atoms with Gasteiger partial charge in [-0.1, -0.05) is 18.2 Å². The number of unbranched alkanes of at least 4 members (excludes halogenated alkanes) is 1. The van der Waals surface area contributed by atoms with Crippen molar-refractivity contribution in [2.24, 2.45) is 0 Å². The summed E-state index contributed by atoms with van der Waals surface area (Å²) in [6.45, 7) is 0.884. The van der Waals surface area contributed by atoms with Gasteiger partial charge in [0.1, 0.15) is 0 Å². The van der Waals surface area contributed by atoms with Gasteiger partial charge in [0.2, 0.25) is 0 Å². The number of rotatable bonds is 6. The standard InChI is InChI=1S/C11H16OS/c1-12-9-5-6-10-13-11-7-3-2-4-8-11/h2-4,7-8H,5-6,9-10H2,1H3. The van der Waals surface area contributed by atoms with Crippen molar-refractivity contribution in [3.05, 3.63) is 30.3 Å². The molecule has 0 aliphatic carbocycles. The zero-order chi connectivity index (χ0) is 9.36. The number of benzene rings is 1. The van der Waals surface area contributed by atoms with Crippen LogP contribution in [0.4, 0.5) is 0 Å². The van der Waals surface area contributed by atoms with Crippen LogP contribution < -0.4 is 0 Å². The van der Waals surface area contributed by atoms with E-state index in [0.717, 1.165) is 13.0 Å². The van der Waals surface area contributed by atoms with Crippen LogP contribution in [0.1, 0.15) is 12.8 Å². The molecule has 0 aliphatic rings. The van der Waals surface area contributed by atoms with Gasteiger partial charge in [0, 0.05) is 18.6 Å². The van der Waals surface area contributed by atoms with Crippen molar-refractivity contribution < 1.29 is 4.74 Å². The molecule has 0 amide bonds. The van der Waals surface area contributed by atoms with Gasteiger partial charge in [0.15, 0.2) is 0 Å². The fourth-order valence-corrected chi connectivity index (χ4v) is 1.99. The summed E-state index contributed by atoms with van der Waals surface area (Å²) >= 11 is 1.92. The maximum Gasteiger partial charge on any atom is 0.0462 e. The highest BCUT2D eigenvalue weighted by Gasteiger charge is 1.92. The molecule has 1 aromatic carbocycles. The van der Waals surface area contributed by atoms with E-state index in [0.29, 0.717) is 0 Å². The van der Waals surface area contributed by atoms with Crippen LogP contribution in [0.2, 0.25) is 0 Å². The smallest absolute Gasteiger partial charge is 0.0462 e. The minimum Gasteiger partial charge on any atom is -0.385 e. The molecule has 0 radical (unpaired) electrons. The van der Waals surface area contributed by atoms with E-state index in [-0.39, 0.29) is 0 Å². The fourth-order valence-electron chi connectivity index (χ4n) is 1.06. The van der Waals surface area contributed by atoms with E-state index in [2.05, 4.69) is 30.3 Å². The second kappa shape index (κ2) is 6.98. The van der Waals surface area contributed by atoms with Crippen molar-refractivity contribution in [1.82, 2.24) is 0 Å². The van der Waals surface area contributed by atoms with Crippen molar-refractivity contribution >= 4 is 11.8 Å². The van der Waals surface area contributed by atoms with Crippen LogP contribution in [0.5, 0.6) is 0 Å². The highest BCUT2D eigenvalue weighted by atomic mass is 32.2. The monoisotopic (exact) mass is 196 g/mol. The molecule has 0 saturated carbocycles. The Morgan fingerprint density at radius 1 is 1.15 bits per heavy atom. The Bertz CT molecular complexity index is 211. The maximum absolute atomic E-state index is 4.98. The van der Waals surface area contributed by atoms with Crippen LogP contribution in [0.3, 0.4) is 0 Å². The fraction of sp³-hybridized carbons (Fsp3) is 0.455. The molecular weight excluding hydrogens is 180 g/mol. The van der Waals surface area contributed by atoms with Crippen molar-refractivity contribution in [1.29, 1.82) is 0 Å². The number of methoxy groups -OCH3 is 1. The van der Waals surface area contributed by atoms with Gasteiger partial charge in [-0.2, -0.15) is 0 Å². The quantitative estimate of drug-likeness (QED) is 0.510. The predicted molar refractivity (Wildman–Crippen MR) is 58.3 cm³/mol. The molecule has 0 N–H and O–H groups in total. The van der Waals surface area contributed by atoms with Crippen molar-refractivity contribution in [2.75, 3.05) is 19.5 Å². The Hall–Kier alpha value is -0.470. The lowest BCUT2D eigenvalue weighted by Crippen LogP contribution is -1.89. The third kappa shape index (κ3) is 4.96. The van der Waals surface area contributed by atoms with Crippen LogP contribution in [-0.4, -0.2) is 19.5 Å². The average Bonchev–Trinajstić information content (AvgIpc) is 2.19. The summed E-state index contributed by atoms with van der Waals surface area (Å²) in [6.07, 6.45) is 2.39. The Morgan fingerprint density at radius 3 is 2.62 bits per heavy atom. The summed E-state index contributed by atoms with van der Waals surface area (Å²) in [4.78, 5) is 1.36. The number of ether oxygens (including phenoxy) is 1. The van der Waals surface area contributed by atoms with Gasteiger partial charge in [-0.3, -0.25) is 0 Å². The second-order valence-electron chi connectivity index (χ2n) is 2.86. The van der Waals surface area contributed by atoms with Crippen molar-refractivity contribution in [3.8, 4) is 0 Å². The highest BCUT2D eigenvalue weighted by molar-refractivity contribution is 7.99. The molecule has 13 heavy (non-hydrogen) atoms. The van der Waals surface area contributed by atoms with Crippen LogP contribution in [0.25, 0.3) is 0 Å². The summed E-state index contributed by atoms with van der Waals surface area (Å²) in [7, 11) is 1.75.